The van der Waals surface area contributed by atoms with Gasteiger partial charge in [-0.1, -0.05) is 152 Å². The van der Waals surface area contributed by atoms with Gasteiger partial charge in [-0.25, -0.2) is 4.57 Å². The van der Waals surface area contributed by atoms with Crippen LogP contribution in [0, 0.1) is 0 Å². The molecule has 1 saturated carbocycles. The lowest BCUT2D eigenvalue weighted by Crippen LogP contribution is -2.64. The molecular formula is C49H85O13P. The van der Waals surface area contributed by atoms with Crippen LogP contribution < -0.4 is 0 Å². The average Bonchev–Trinajstić information content (AvgIpc) is 3.26. The van der Waals surface area contributed by atoms with Crippen LogP contribution in [-0.4, -0.2) is 98.3 Å². The number of aliphatic hydroxyl groups excluding tert-OH is 5. The Morgan fingerprint density at radius 3 is 1.40 bits per heavy atom. The minimum absolute atomic E-state index is 0.0181. The van der Waals surface area contributed by atoms with E-state index in [2.05, 4.69) is 62.5 Å². The summed E-state index contributed by atoms with van der Waals surface area (Å²) in [4.78, 5) is 35.7. The molecule has 6 N–H and O–H groups in total. The van der Waals surface area contributed by atoms with Crippen molar-refractivity contribution in [1.29, 1.82) is 0 Å². The SMILES string of the molecule is CCCCCC=CCC=CCC=CCC=CCCCC(=O)O[C@H](COC(=O)CCCCCCCCCC=CCCCCCCCC)COP(=O)(O)OC1C(O)C(O)C(O)[C@@H](O)C1O. The monoisotopic (exact) mass is 913 g/mol. The second-order valence-electron chi connectivity index (χ2n) is 16.6. The molecule has 1 aliphatic rings. The van der Waals surface area contributed by atoms with E-state index in [0.29, 0.717) is 19.3 Å². The van der Waals surface area contributed by atoms with E-state index in [1.165, 1.54) is 77.0 Å². The molecule has 6 unspecified atom stereocenters. The molecule has 0 aromatic carbocycles. The number of hydrogen-bond acceptors (Lipinski definition) is 12. The van der Waals surface area contributed by atoms with E-state index in [9.17, 15) is 44.6 Å². The van der Waals surface area contributed by atoms with Crippen LogP contribution in [0.15, 0.2) is 60.8 Å². The molecule has 0 aromatic rings. The smallest absolute Gasteiger partial charge is 0.462 e. The van der Waals surface area contributed by atoms with Gasteiger partial charge < -0.3 is 39.9 Å². The zero-order chi connectivity index (χ0) is 46.4. The normalized spacial score (nSPS) is 22.2. The first-order chi connectivity index (χ1) is 30.4. The summed E-state index contributed by atoms with van der Waals surface area (Å²) in [5, 5.41) is 50.2. The number of ether oxygens (including phenoxy) is 2. The molecule has 1 fully saturated rings. The summed E-state index contributed by atoms with van der Waals surface area (Å²) in [5.74, 6) is -1.17. The first kappa shape index (κ1) is 58.6. The van der Waals surface area contributed by atoms with Crippen molar-refractivity contribution in [3.8, 4) is 0 Å². The van der Waals surface area contributed by atoms with Crippen LogP contribution in [0.4, 0.5) is 0 Å². The van der Waals surface area contributed by atoms with Crippen LogP contribution in [0.25, 0.3) is 0 Å². The molecule has 364 valence electrons. The molecule has 13 nitrogen and oxygen atoms in total. The van der Waals surface area contributed by atoms with Gasteiger partial charge in [0.2, 0.25) is 0 Å². The molecule has 63 heavy (non-hydrogen) atoms. The van der Waals surface area contributed by atoms with E-state index >= 15 is 0 Å². The Morgan fingerprint density at radius 1 is 0.492 bits per heavy atom. The number of rotatable bonds is 39. The molecule has 14 heteroatoms. The highest BCUT2D eigenvalue weighted by molar-refractivity contribution is 7.47. The zero-order valence-corrected chi connectivity index (χ0v) is 39.5. The summed E-state index contributed by atoms with van der Waals surface area (Å²) >= 11 is 0. The summed E-state index contributed by atoms with van der Waals surface area (Å²) in [5.41, 5.74) is 0. The Labute approximate surface area is 379 Å². The number of phosphoric acid groups is 1. The Bertz CT molecular complexity index is 1330. The number of hydrogen-bond donors (Lipinski definition) is 6. The molecule has 1 rings (SSSR count). The summed E-state index contributed by atoms with van der Waals surface area (Å²) < 4.78 is 33.5. The fourth-order valence-electron chi connectivity index (χ4n) is 6.92. The van der Waals surface area contributed by atoms with Crippen LogP contribution in [0.1, 0.15) is 181 Å². The molecule has 8 atom stereocenters. The quantitative estimate of drug-likeness (QED) is 0.0147. The van der Waals surface area contributed by atoms with E-state index in [1.54, 1.807) is 0 Å². The highest BCUT2D eigenvalue weighted by Crippen LogP contribution is 2.47. The summed E-state index contributed by atoms with van der Waals surface area (Å²) in [6, 6.07) is 0. The van der Waals surface area contributed by atoms with Gasteiger partial charge in [-0.3, -0.25) is 18.6 Å². The molecule has 0 aliphatic heterocycles. The lowest BCUT2D eigenvalue weighted by atomic mass is 9.85. The lowest BCUT2D eigenvalue weighted by Gasteiger charge is -2.41. The van der Waals surface area contributed by atoms with E-state index in [4.69, 9.17) is 18.5 Å². The van der Waals surface area contributed by atoms with E-state index in [1.807, 2.05) is 12.2 Å². The molecule has 0 bridgehead atoms. The third-order valence-electron chi connectivity index (χ3n) is 10.8. The first-order valence-electron chi connectivity index (χ1n) is 24.1. The van der Waals surface area contributed by atoms with Gasteiger partial charge in [0, 0.05) is 12.8 Å². The van der Waals surface area contributed by atoms with Crippen molar-refractivity contribution in [2.45, 2.75) is 224 Å². The maximum atomic E-state index is 12.8. The van der Waals surface area contributed by atoms with Gasteiger partial charge >= 0.3 is 19.8 Å². The van der Waals surface area contributed by atoms with Gasteiger partial charge in [-0.15, -0.1) is 0 Å². The predicted octanol–water partition coefficient (Wildman–Crippen LogP) is 9.73. The van der Waals surface area contributed by atoms with Crippen molar-refractivity contribution in [1.82, 2.24) is 0 Å². The minimum atomic E-state index is -5.14. The van der Waals surface area contributed by atoms with Gasteiger partial charge in [-0.05, 0) is 77.0 Å². The number of phosphoric ester groups is 1. The lowest BCUT2D eigenvalue weighted by molar-refractivity contribution is -0.220. The average molecular weight is 913 g/mol. The van der Waals surface area contributed by atoms with Crippen molar-refractivity contribution in [3.63, 3.8) is 0 Å². The number of allylic oxidation sites excluding steroid dienone is 10. The van der Waals surface area contributed by atoms with Gasteiger partial charge in [0.25, 0.3) is 0 Å². The van der Waals surface area contributed by atoms with E-state index < -0.39 is 75.7 Å². The molecule has 0 spiro atoms. The molecular weight excluding hydrogens is 828 g/mol. The highest BCUT2D eigenvalue weighted by atomic mass is 31.2. The van der Waals surface area contributed by atoms with Crippen molar-refractivity contribution in [2.75, 3.05) is 13.2 Å². The Hall–Kier alpha value is -2.45. The van der Waals surface area contributed by atoms with Crippen LogP contribution in [0.3, 0.4) is 0 Å². The van der Waals surface area contributed by atoms with Crippen LogP contribution in [0.2, 0.25) is 0 Å². The predicted molar refractivity (Wildman–Crippen MR) is 249 cm³/mol. The van der Waals surface area contributed by atoms with Crippen molar-refractivity contribution < 1.29 is 63.1 Å². The van der Waals surface area contributed by atoms with Gasteiger partial charge in [0.15, 0.2) is 6.10 Å². The highest BCUT2D eigenvalue weighted by Gasteiger charge is 2.51. The Morgan fingerprint density at radius 2 is 0.873 bits per heavy atom. The standard InChI is InChI=1S/C49H85O13P/c1-3-5-7-9-11-13-15-17-19-21-23-25-27-29-31-33-35-37-42(50)59-39-41(40-60-63(57,58)62-49-47(55)45(53)44(52)46(54)48(49)56)61-43(51)38-36-34-32-30-28-26-24-22-20-18-16-14-12-10-8-6-4-2/h12,14,17-20,24,26,30,32,41,44-49,52-56H,3-11,13,15-16,21-23,25,27-29,31,33-40H2,1-2H3,(H,57,58)/t41-,44?,45-,46?,47?,48?,49?/m1/s1. The molecule has 0 aromatic heterocycles. The van der Waals surface area contributed by atoms with Crippen LogP contribution >= 0.6 is 7.82 Å². The number of carbonyl (C=O) groups excluding carboxylic acids is 2. The summed E-state index contributed by atoms with van der Waals surface area (Å²) in [7, 11) is -5.14. The number of unbranched alkanes of at least 4 members (excludes halogenated alkanes) is 17. The molecule has 0 amide bonds. The number of carbonyl (C=O) groups is 2. The van der Waals surface area contributed by atoms with Gasteiger partial charge in [0.05, 0.1) is 6.61 Å². The van der Waals surface area contributed by atoms with Crippen molar-refractivity contribution >= 4 is 19.8 Å². The molecule has 0 heterocycles. The fourth-order valence-corrected chi connectivity index (χ4v) is 7.89. The Balaban J connectivity index is 2.49. The molecule has 0 saturated heterocycles. The summed E-state index contributed by atoms with van der Waals surface area (Å²) in [6.45, 7) is 3.22. The van der Waals surface area contributed by atoms with Gasteiger partial charge in [0.1, 0.15) is 43.2 Å². The second-order valence-corrected chi connectivity index (χ2v) is 18.0. The first-order valence-corrected chi connectivity index (χ1v) is 25.6. The number of esters is 2. The van der Waals surface area contributed by atoms with Gasteiger partial charge in [-0.2, -0.15) is 0 Å². The maximum absolute atomic E-state index is 12.8. The minimum Gasteiger partial charge on any atom is -0.462 e. The summed E-state index contributed by atoms with van der Waals surface area (Å²) in [6.07, 6.45) is 34.2. The third-order valence-corrected chi connectivity index (χ3v) is 11.8. The van der Waals surface area contributed by atoms with Crippen molar-refractivity contribution in [2.24, 2.45) is 0 Å². The Kier molecular flexibility index (Phi) is 36.1. The number of aliphatic hydroxyl groups is 5. The fraction of sp³-hybridized carbons (Fsp3) is 0.755. The maximum Gasteiger partial charge on any atom is 0.472 e. The van der Waals surface area contributed by atoms with E-state index in [0.717, 1.165) is 57.8 Å². The second kappa shape index (κ2) is 38.8. The topological polar surface area (TPSA) is 210 Å². The van der Waals surface area contributed by atoms with Crippen LogP contribution in [0.5, 0.6) is 0 Å². The molecule has 0 radical (unpaired) electrons. The van der Waals surface area contributed by atoms with E-state index in [-0.39, 0.29) is 12.8 Å². The van der Waals surface area contributed by atoms with Crippen molar-refractivity contribution in [3.05, 3.63) is 60.8 Å². The zero-order valence-electron chi connectivity index (χ0n) is 38.6. The van der Waals surface area contributed by atoms with Crippen LogP contribution in [-0.2, 0) is 32.7 Å². The third kappa shape index (κ3) is 31.2. The largest absolute Gasteiger partial charge is 0.472 e. The molecule has 1 aliphatic carbocycles.